The maximum absolute atomic E-state index is 12.1. The van der Waals surface area contributed by atoms with Gasteiger partial charge in [0.25, 0.3) is 5.91 Å². The minimum Gasteiger partial charge on any atom is -0.451 e. The van der Waals surface area contributed by atoms with Gasteiger partial charge in [-0.1, -0.05) is 68.4 Å². The molecule has 0 unspecified atom stereocenters. The lowest BCUT2D eigenvalue weighted by Crippen LogP contribution is -2.30. The molecule has 0 fully saturated rings. The summed E-state index contributed by atoms with van der Waals surface area (Å²) in [6.45, 7) is 4.21. The van der Waals surface area contributed by atoms with E-state index in [1.807, 2.05) is 60.7 Å². The number of rotatable bonds is 8. The van der Waals surface area contributed by atoms with E-state index in [0.717, 1.165) is 11.1 Å². The number of benzene rings is 2. The van der Waals surface area contributed by atoms with E-state index in [2.05, 4.69) is 19.2 Å². The lowest BCUT2D eigenvalue weighted by molar-refractivity contribution is -0.144. The van der Waals surface area contributed by atoms with Gasteiger partial charge >= 0.3 is 5.97 Å². The molecule has 0 bridgehead atoms. The van der Waals surface area contributed by atoms with Crippen LogP contribution in [0.4, 0.5) is 0 Å². The summed E-state index contributed by atoms with van der Waals surface area (Å²) in [6, 6.07) is 19.2. The van der Waals surface area contributed by atoms with E-state index in [9.17, 15) is 14.9 Å². The molecule has 0 spiro atoms. The van der Waals surface area contributed by atoms with E-state index < -0.39 is 18.5 Å². The van der Waals surface area contributed by atoms with Crippen LogP contribution < -0.4 is 5.32 Å². The average Bonchev–Trinajstić information content (AvgIpc) is 2.71. The van der Waals surface area contributed by atoms with Gasteiger partial charge in [0.2, 0.25) is 0 Å². The summed E-state index contributed by atoms with van der Waals surface area (Å²) >= 11 is 0. The van der Waals surface area contributed by atoms with Crippen LogP contribution in [-0.4, -0.2) is 25.0 Å². The molecule has 1 N–H and O–H groups in total. The molecule has 0 aliphatic heterocycles. The van der Waals surface area contributed by atoms with Gasteiger partial charge in [0.15, 0.2) is 6.61 Å². The van der Waals surface area contributed by atoms with E-state index in [0.29, 0.717) is 18.9 Å². The molecule has 2 aromatic carbocycles. The molecule has 0 heterocycles. The van der Waals surface area contributed by atoms with Crippen molar-refractivity contribution in [3.63, 3.8) is 0 Å². The Morgan fingerprint density at radius 2 is 1.79 bits per heavy atom. The Morgan fingerprint density at radius 3 is 2.39 bits per heavy atom. The third-order valence-corrected chi connectivity index (χ3v) is 4.17. The topological polar surface area (TPSA) is 79.2 Å². The summed E-state index contributed by atoms with van der Waals surface area (Å²) in [6.07, 6.45) is 2.15. The van der Waals surface area contributed by atoms with Crippen molar-refractivity contribution >= 4 is 18.0 Å². The highest BCUT2D eigenvalue weighted by molar-refractivity contribution is 5.98. The first-order chi connectivity index (χ1) is 13.5. The summed E-state index contributed by atoms with van der Waals surface area (Å²) in [4.78, 5) is 23.9. The average molecular weight is 376 g/mol. The lowest BCUT2D eigenvalue weighted by Gasteiger charge is -2.07. The smallest absolute Gasteiger partial charge is 0.349 e. The second-order valence-corrected chi connectivity index (χ2v) is 6.65. The van der Waals surface area contributed by atoms with E-state index >= 15 is 0 Å². The third-order valence-electron chi connectivity index (χ3n) is 4.17. The van der Waals surface area contributed by atoms with Gasteiger partial charge in [0.05, 0.1) is 0 Å². The van der Waals surface area contributed by atoms with Crippen LogP contribution >= 0.6 is 0 Å². The van der Waals surface area contributed by atoms with Gasteiger partial charge < -0.3 is 10.1 Å². The molecular formula is C23H24N2O3. The number of carbonyl (C=O) groups is 2. The van der Waals surface area contributed by atoms with E-state index in [-0.39, 0.29) is 5.57 Å². The summed E-state index contributed by atoms with van der Waals surface area (Å²) in [5, 5.41) is 11.9. The summed E-state index contributed by atoms with van der Waals surface area (Å²) in [7, 11) is 0. The van der Waals surface area contributed by atoms with Crippen molar-refractivity contribution < 1.29 is 14.3 Å². The molecule has 0 aromatic heterocycles. The van der Waals surface area contributed by atoms with Crippen LogP contribution in [0.1, 0.15) is 36.5 Å². The number of hydrogen-bond acceptors (Lipinski definition) is 4. The molecule has 5 heteroatoms. The van der Waals surface area contributed by atoms with Gasteiger partial charge in [-0.3, -0.25) is 4.79 Å². The van der Waals surface area contributed by atoms with Gasteiger partial charge in [-0.25, -0.2) is 4.79 Å². The maximum Gasteiger partial charge on any atom is 0.349 e. The highest BCUT2D eigenvalue weighted by Crippen LogP contribution is 2.16. The molecule has 28 heavy (non-hydrogen) atoms. The third kappa shape index (κ3) is 6.73. The van der Waals surface area contributed by atoms with E-state index in [1.165, 1.54) is 11.6 Å². The van der Waals surface area contributed by atoms with Crippen LogP contribution in [0.5, 0.6) is 0 Å². The van der Waals surface area contributed by atoms with Gasteiger partial charge in [-0.15, -0.1) is 0 Å². The predicted octanol–water partition coefficient (Wildman–Crippen LogP) is 3.62. The molecular weight excluding hydrogens is 352 g/mol. The van der Waals surface area contributed by atoms with Crippen LogP contribution in [-0.2, 0) is 20.7 Å². The first-order valence-corrected chi connectivity index (χ1v) is 9.19. The van der Waals surface area contributed by atoms with Crippen molar-refractivity contribution in [3.8, 4) is 6.07 Å². The van der Waals surface area contributed by atoms with Crippen molar-refractivity contribution in [3.05, 3.63) is 76.9 Å². The molecule has 1 amide bonds. The highest BCUT2D eigenvalue weighted by Gasteiger charge is 2.13. The fourth-order valence-corrected chi connectivity index (χ4v) is 2.53. The maximum atomic E-state index is 12.1. The van der Waals surface area contributed by atoms with Crippen LogP contribution in [0.15, 0.2) is 60.2 Å². The lowest BCUT2D eigenvalue weighted by atomic mass is 10.0. The van der Waals surface area contributed by atoms with Crippen LogP contribution in [0.2, 0.25) is 0 Å². The molecule has 0 aliphatic rings. The van der Waals surface area contributed by atoms with E-state index in [1.54, 1.807) is 0 Å². The quantitative estimate of drug-likeness (QED) is 0.434. The standard InChI is InChI=1S/C23H24N2O3/c1-17(2)20-10-8-19(9-11-20)14-21(15-24)23(27)28-16-22(26)25-13-12-18-6-4-3-5-7-18/h3-11,14,17H,12-13,16H2,1-2H3,(H,25,26)/b21-14+. The zero-order valence-corrected chi connectivity index (χ0v) is 16.1. The number of nitriles is 1. The Hall–Kier alpha value is -3.39. The number of esters is 1. The Bertz CT molecular complexity index is 863. The van der Waals surface area contributed by atoms with Crippen LogP contribution in [0.25, 0.3) is 6.08 Å². The Balaban J connectivity index is 1.82. The van der Waals surface area contributed by atoms with Crippen molar-refractivity contribution in [1.29, 1.82) is 5.26 Å². The zero-order chi connectivity index (χ0) is 20.4. The number of hydrogen-bond donors (Lipinski definition) is 1. The van der Waals surface area contributed by atoms with Crippen molar-refractivity contribution in [2.24, 2.45) is 0 Å². The Labute approximate surface area is 165 Å². The number of nitrogens with one attached hydrogen (secondary N) is 1. The fraction of sp³-hybridized carbons (Fsp3) is 0.261. The van der Waals surface area contributed by atoms with Crippen molar-refractivity contribution in [1.82, 2.24) is 5.32 Å². The number of nitrogens with zero attached hydrogens (tertiary/aromatic N) is 1. The molecule has 0 radical (unpaired) electrons. The van der Waals surface area contributed by atoms with Crippen LogP contribution in [0, 0.1) is 11.3 Å². The number of ether oxygens (including phenoxy) is 1. The molecule has 0 saturated heterocycles. The van der Waals surface area contributed by atoms with Gasteiger partial charge in [0, 0.05) is 6.54 Å². The fourth-order valence-electron chi connectivity index (χ4n) is 2.53. The minimum absolute atomic E-state index is 0.144. The van der Waals surface area contributed by atoms with E-state index in [4.69, 9.17) is 4.74 Å². The van der Waals surface area contributed by atoms with Gasteiger partial charge in [-0.2, -0.15) is 5.26 Å². The monoisotopic (exact) mass is 376 g/mol. The first-order valence-electron chi connectivity index (χ1n) is 9.19. The highest BCUT2D eigenvalue weighted by atomic mass is 16.5. The van der Waals surface area contributed by atoms with Crippen LogP contribution in [0.3, 0.4) is 0 Å². The molecule has 2 aromatic rings. The first kappa shape index (κ1) is 20.9. The number of amides is 1. The summed E-state index contributed by atoms with van der Waals surface area (Å²) < 4.78 is 4.95. The van der Waals surface area contributed by atoms with Crippen molar-refractivity contribution in [2.45, 2.75) is 26.2 Å². The molecule has 5 nitrogen and oxygen atoms in total. The van der Waals surface area contributed by atoms with Crippen molar-refractivity contribution in [2.75, 3.05) is 13.2 Å². The zero-order valence-electron chi connectivity index (χ0n) is 16.1. The SMILES string of the molecule is CC(C)c1ccc(/C=C(\C#N)C(=O)OCC(=O)NCCc2ccccc2)cc1. The van der Waals surface area contributed by atoms with Gasteiger partial charge in [0.1, 0.15) is 11.6 Å². The summed E-state index contributed by atoms with van der Waals surface area (Å²) in [5.74, 6) is -0.810. The largest absolute Gasteiger partial charge is 0.451 e. The van der Waals surface area contributed by atoms with Gasteiger partial charge in [-0.05, 0) is 35.1 Å². The number of carbonyl (C=O) groups excluding carboxylic acids is 2. The molecule has 0 atom stereocenters. The Kier molecular flexibility index (Phi) is 7.98. The Morgan fingerprint density at radius 1 is 1.11 bits per heavy atom. The second-order valence-electron chi connectivity index (χ2n) is 6.65. The normalized spacial score (nSPS) is 11.0. The molecule has 2 rings (SSSR count). The predicted molar refractivity (Wildman–Crippen MR) is 108 cm³/mol. The minimum atomic E-state index is -0.811. The molecule has 0 aliphatic carbocycles. The molecule has 0 saturated carbocycles. The summed E-state index contributed by atoms with van der Waals surface area (Å²) in [5.41, 5.74) is 2.86. The molecule has 144 valence electrons. The second kappa shape index (κ2) is 10.7.